The van der Waals surface area contributed by atoms with Crippen LogP contribution in [0, 0.1) is 0 Å². The van der Waals surface area contributed by atoms with Crippen molar-refractivity contribution in [2.24, 2.45) is 0 Å². The van der Waals surface area contributed by atoms with Crippen molar-refractivity contribution >= 4 is 49.4 Å². The molecule has 0 amide bonds. The van der Waals surface area contributed by atoms with Crippen LogP contribution in [0.5, 0.6) is 0 Å². The zero-order valence-corrected chi connectivity index (χ0v) is 15.3. The lowest BCUT2D eigenvalue weighted by Crippen LogP contribution is -1.85. The highest BCUT2D eigenvalue weighted by molar-refractivity contribution is 6.32. The van der Waals surface area contributed by atoms with Crippen LogP contribution in [0.4, 0.5) is 0 Å². The second-order valence-corrected chi connectivity index (χ2v) is 6.95. The van der Waals surface area contributed by atoms with E-state index < -0.39 is 0 Å². The molecule has 6 aromatic carbocycles. The highest BCUT2D eigenvalue weighted by Gasteiger charge is 2.11. The van der Waals surface area contributed by atoms with Gasteiger partial charge in [-0.05, 0) is 43.1 Å². The van der Waals surface area contributed by atoms with E-state index in [1.165, 1.54) is 43.1 Å². The minimum atomic E-state index is 0.729. The summed E-state index contributed by atoms with van der Waals surface area (Å²) in [6, 6.07) is 35.5. The topological polar surface area (TPSA) is 17.1 Å². The molecule has 0 aliphatic carbocycles. The average molecular weight is 358 g/mol. The van der Waals surface area contributed by atoms with Crippen LogP contribution in [0.2, 0.25) is 0 Å². The Bertz CT molecular complexity index is 1240. The highest BCUT2D eigenvalue weighted by atomic mass is 16.1. The van der Waals surface area contributed by atoms with Crippen molar-refractivity contribution in [2.45, 2.75) is 0 Å². The van der Waals surface area contributed by atoms with Gasteiger partial charge in [0.2, 0.25) is 0 Å². The fourth-order valence-corrected chi connectivity index (χ4v) is 4.11. The second-order valence-electron chi connectivity index (χ2n) is 6.95. The predicted molar refractivity (Wildman–Crippen MR) is 119 cm³/mol. The van der Waals surface area contributed by atoms with Crippen LogP contribution >= 0.6 is 0 Å². The van der Waals surface area contributed by atoms with Crippen LogP contribution in [0.25, 0.3) is 43.1 Å². The molecule has 0 radical (unpaired) electrons. The lowest BCUT2D eigenvalue weighted by Gasteiger charge is -2.13. The smallest absolute Gasteiger partial charge is 0.150 e. The summed E-state index contributed by atoms with van der Waals surface area (Å²) in [6.07, 6.45) is 0.833. The Balaban J connectivity index is 0.000000181. The number of hydrogen-bond donors (Lipinski definition) is 0. The van der Waals surface area contributed by atoms with E-state index in [2.05, 4.69) is 72.8 Å². The van der Waals surface area contributed by atoms with Gasteiger partial charge in [0, 0.05) is 5.56 Å². The van der Waals surface area contributed by atoms with Crippen molar-refractivity contribution in [3.63, 3.8) is 0 Å². The zero-order chi connectivity index (χ0) is 18.9. The SMILES string of the molecule is O=Cc1ccccc1.c1cc2cccc3c4cccc5cccc(c(c1)c23)c54. The van der Waals surface area contributed by atoms with Gasteiger partial charge in [-0.3, -0.25) is 4.79 Å². The summed E-state index contributed by atoms with van der Waals surface area (Å²) in [5.41, 5.74) is 0.729. The molecule has 0 fully saturated rings. The van der Waals surface area contributed by atoms with Crippen LogP contribution in [-0.2, 0) is 0 Å². The molecular weight excluding hydrogens is 340 g/mol. The van der Waals surface area contributed by atoms with Crippen molar-refractivity contribution in [3.8, 4) is 0 Å². The van der Waals surface area contributed by atoms with Crippen LogP contribution in [-0.4, -0.2) is 6.29 Å². The first-order valence-corrected chi connectivity index (χ1v) is 9.41. The van der Waals surface area contributed by atoms with E-state index in [4.69, 9.17) is 0 Å². The molecule has 1 heteroatoms. The molecule has 0 atom stereocenters. The van der Waals surface area contributed by atoms with E-state index in [1.54, 1.807) is 12.1 Å². The van der Waals surface area contributed by atoms with Gasteiger partial charge in [0.05, 0.1) is 0 Å². The molecule has 0 saturated carbocycles. The van der Waals surface area contributed by atoms with Crippen molar-refractivity contribution < 1.29 is 4.79 Å². The third-order valence-electron chi connectivity index (χ3n) is 5.33. The molecule has 0 unspecified atom stereocenters. The molecule has 1 nitrogen and oxygen atoms in total. The standard InChI is InChI=1S/C20H12.C7H6O/c1-5-13-6-2-11-17-18-12-4-8-14-7-3-10-16(20(14)18)15(9-1)19(13)17;8-6-7-4-2-1-3-5-7/h1-12H;1-6H. The minimum absolute atomic E-state index is 0.729. The van der Waals surface area contributed by atoms with Gasteiger partial charge >= 0.3 is 0 Å². The lowest BCUT2D eigenvalue weighted by molar-refractivity contribution is 0.112. The Kier molecular flexibility index (Phi) is 3.99. The van der Waals surface area contributed by atoms with Crippen molar-refractivity contribution in [2.75, 3.05) is 0 Å². The summed E-state index contributed by atoms with van der Waals surface area (Å²) in [7, 11) is 0. The van der Waals surface area contributed by atoms with Gasteiger partial charge in [-0.15, -0.1) is 0 Å². The summed E-state index contributed by atoms with van der Waals surface area (Å²) >= 11 is 0. The number of benzene rings is 6. The number of fused-ring (bicyclic) bond motifs is 2. The molecular formula is C27H18O. The number of hydrogen-bond acceptors (Lipinski definition) is 1. The van der Waals surface area contributed by atoms with Crippen molar-refractivity contribution in [3.05, 3.63) is 109 Å². The summed E-state index contributed by atoms with van der Waals surface area (Å²) in [5.74, 6) is 0. The number of rotatable bonds is 1. The summed E-state index contributed by atoms with van der Waals surface area (Å²) in [4.78, 5) is 10.0. The van der Waals surface area contributed by atoms with Crippen LogP contribution in [0.3, 0.4) is 0 Å². The van der Waals surface area contributed by atoms with E-state index in [-0.39, 0.29) is 0 Å². The lowest BCUT2D eigenvalue weighted by atomic mass is 9.90. The quantitative estimate of drug-likeness (QED) is 0.172. The Morgan fingerprint density at radius 1 is 0.429 bits per heavy atom. The van der Waals surface area contributed by atoms with Gasteiger partial charge in [-0.2, -0.15) is 0 Å². The number of carbonyl (C=O) groups is 1. The Labute approximate surface area is 163 Å². The van der Waals surface area contributed by atoms with Crippen LogP contribution in [0.1, 0.15) is 10.4 Å². The highest BCUT2D eigenvalue weighted by Crippen LogP contribution is 2.39. The fourth-order valence-electron chi connectivity index (χ4n) is 4.11. The molecule has 0 N–H and O–H groups in total. The minimum Gasteiger partial charge on any atom is -0.298 e. The van der Waals surface area contributed by atoms with E-state index in [1.807, 2.05) is 18.2 Å². The van der Waals surface area contributed by atoms with Crippen molar-refractivity contribution in [1.29, 1.82) is 0 Å². The molecule has 0 heterocycles. The maximum Gasteiger partial charge on any atom is 0.150 e. The van der Waals surface area contributed by atoms with Gasteiger partial charge in [-0.25, -0.2) is 0 Å². The van der Waals surface area contributed by atoms with Gasteiger partial charge in [0.1, 0.15) is 6.29 Å². The molecule has 6 aromatic rings. The molecule has 0 aliphatic heterocycles. The van der Waals surface area contributed by atoms with Crippen molar-refractivity contribution in [1.82, 2.24) is 0 Å². The molecule has 6 rings (SSSR count). The summed E-state index contributed by atoms with van der Waals surface area (Å²) < 4.78 is 0. The third kappa shape index (κ3) is 2.60. The second kappa shape index (κ2) is 6.79. The first kappa shape index (κ1) is 16.5. The van der Waals surface area contributed by atoms with Gasteiger partial charge in [0.25, 0.3) is 0 Å². The average Bonchev–Trinajstić information content (AvgIpc) is 2.78. The fraction of sp³-hybridized carbons (Fsp3) is 0. The Morgan fingerprint density at radius 2 is 0.821 bits per heavy atom. The van der Waals surface area contributed by atoms with E-state index in [0.29, 0.717) is 0 Å². The molecule has 0 aromatic heterocycles. The first-order valence-electron chi connectivity index (χ1n) is 9.41. The number of carbonyl (C=O) groups excluding carboxylic acids is 1. The Morgan fingerprint density at radius 3 is 1.14 bits per heavy atom. The summed E-state index contributed by atoms with van der Waals surface area (Å²) in [5, 5.41) is 10.9. The van der Waals surface area contributed by atoms with E-state index in [9.17, 15) is 4.79 Å². The summed E-state index contributed by atoms with van der Waals surface area (Å²) in [6.45, 7) is 0. The Hall–Kier alpha value is -3.71. The van der Waals surface area contributed by atoms with Gasteiger partial charge in [-0.1, -0.05) is 103 Å². The van der Waals surface area contributed by atoms with E-state index in [0.717, 1.165) is 11.8 Å². The van der Waals surface area contributed by atoms with Crippen LogP contribution in [0.15, 0.2) is 103 Å². The van der Waals surface area contributed by atoms with Gasteiger partial charge in [0.15, 0.2) is 0 Å². The third-order valence-corrected chi connectivity index (χ3v) is 5.33. The maximum absolute atomic E-state index is 10.0. The first-order chi connectivity index (χ1) is 13.9. The molecule has 0 bridgehead atoms. The van der Waals surface area contributed by atoms with E-state index >= 15 is 0 Å². The zero-order valence-electron chi connectivity index (χ0n) is 15.3. The molecule has 132 valence electrons. The van der Waals surface area contributed by atoms with Crippen LogP contribution < -0.4 is 0 Å². The normalized spacial score (nSPS) is 11.0. The van der Waals surface area contributed by atoms with Gasteiger partial charge < -0.3 is 0 Å². The monoisotopic (exact) mass is 358 g/mol. The molecule has 28 heavy (non-hydrogen) atoms. The molecule has 0 aliphatic rings. The molecule has 0 saturated heterocycles. The number of aldehydes is 1. The molecule has 0 spiro atoms. The predicted octanol–water partition coefficient (Wildman–Crippen LogP) is 7.24. The largest absolute Gasteiger partial charge is 0.298 e. The maximum atomic E-state index is 10.0.